The summed E-state index contributed by atoms with van der Waals surface area (Å²) < 4.78 is 5.75. The zero-order valence-electron chi connectivity index (χ0n) is 11.3. The van der Waals surface area contributed by atoms with Crippen molar-refractivity contribution in [3.8, 4) is 5.75 Å². The van der Waals surface area contributed by atoms with Crippen LogP contribution < -0.4 is 10.5 Å². The van der Waals surface area contributed by atoms with E-state index >= 15 is 0 Å². The molecule has 2 N–H and O–H groups in total. The summed E-state index contributed by atoms with van der Waals surface area (Å²) in [5.74, 6) is 1.84. The summed E-state index contributed by atoms with van der Waals surface area (Å²) in [6.45, 7) is 7.17. The molecule has 2 rings (SSSR count). The lowest BCUT2D eigenvalue weighted by Gasteiger charge is -2.29. The Balaban J connectivity index is 1.68. The summed E-state index contributed by atoms with van der Waals surface area (Å²) in [6.07, 6.45) is 2.65. The highest BCUT2D eigenvalue weighted by Gasteiger charge is 2.14. The van der Waals surface area contributed by atoms with E-state index in [0.29, 0.717) is 6.54 Å². The fourth-order valence-corrected chi connectivity index (χ4v) is 2.30. The molecule has 0 amide bonds. The van der Waals surface area contributed by atoms with Crippen molar-refractivity contribution in [2.45, 2.75) is 26.3 Å². The van der Waals surface area contributed by atoms with E-state index in [-0.39, 0.29) is 0 Å². The van der Waals surface area contributed by atoms with Crippen LogP contribution in [0.25, 0.3) is 0 Å². The van der Waals surface area contributed by atoms with Gasteiger partial charge in [-0.25, -0.2) is 0 Å². The van der Waals surface area contributed by atoms with Crippen molar-refractivity contribution in [2.24, 2.45) is 11.7 Å². The first-order valence-corrected chi connectivity index (χ1v) is 6.92. The molecule has 3 heteroatoms. The average molecular weight is 248 g/mol. The molecule has 1 aliphatic rings. The molecule has 1 heterocycles. The lowest BCUT2D eigenvalue weighted by molar-refractivity contribution is 0.160. The van der Waals surface area contributed by atoms with Gasteiger partial charge < -0.3 is 10.5 Å². The van der Waals surface area contributed by atoms with E-state index in [9.17, 15) is 0 Å². The van der Waals surface area contributed by atoms with Crippen LogP contribution in [0.5, 0.6) is 5.75 Å². The van der Waals surface area contributed by atoms with Crippen molar-refractivity contribution in [2.75, 3.05) is 26.2 Å². The lowest BCUT2D eigenvalue weighted by atomic mass is 9.99. The number of piperidine rings is 1. The maximum Gasteiger partial charge on any atom is 0.119 e. The highest BCUT2D eigenvalue weighted by Crippen LogP contribution is 2.16. The number of rotatable bonds is 5. The van der Waals surface area contributed by atoms with Crippen molar-refractivity contribution in [3.63, 3.8) is 0 Å². The van der Waals surface area contributed by atoms with Crippen LogP contribution in [-0.2, 0) is 6.54 Å². The summed E-state index contributed by atoms with van der Waals surface area (Å²) in [7, 11) is 0. The van der Waals surface area contributed by atoms with Crippen LogP contribution in [0.15, 0.2) is 24.3 Å². The van der Waals surface area contributed by atoms with Gasteiger partial charge in [0.15, 0.2) is 0 Å². The second-order valence-corrected chi connectivity index (χ2v) is 5.22. The molecule has 0 radical (unpaired) electrons. The standard InChI is InChI=1S/C15H24N2O/c1-13-6-8-17(9-7-13)10-11-18-15-4-2-14(12-16)3-5-15/h2-5,13H,6-12,16H2,1H3. The summed E-state index contributed by atoms with van der Waals surface area (Å²) >= 11 is 0. The second kappa shape index (κ2) is 6.76. The van der Waals surface area contributed by atoms with E-state index in [1.165, 1.54) is 25.9 Å². The monoisotopic (exact) mass is 248 g/mol. The lowest BCUT2D eigenvalue weighted by Crippen LogP contribution is -2.35. The molecule has 100 valence electrons. The number of nitrogens with zero attached hydrogens (tertiary/aromatic N) is 1. The van der Waals surface area contributed by atoms with Crippen LogP contribution in [-0.4, -0.2) is 31.1 Å². The van der Waals surface area contributed by atoms with Crippen molar-refractivity contribution < 1.29 is 4.74 Å². The Morgan fingerprint density at radius 1 is 1.22 bits per heavy atom. The first kappa shape index (κ1) is 13.4. The minimum absolute atomic E-state index is 0.590. The number of benzene rings is 1. The molecule has 1 saturated heterocycles. The number of nitrogens with two attached hydrogens (primary N) is 1. The highest BCUT2D eigenvalue weighted by molar-refractivity contribution is 5.27. The van der Waals surface area contributed by atoms with Gasteiger partial charge >= 0.3 is 0 Å². The minimum atomic E-state index is 0.590. The Bertz CT molecular complexity index is 342. The van der Waals surface area contributed by atoms with E-state index < -0.39 is 0 Å². The average Bonchev–Trinajstić information content (AvgIpc) is 2.42. The molecule has 0 bridgehead atoms. The number of likely N-dealkylation sites (tertiary alicyclic amines) is 1. The number of hydrogen-bond acceptors (Lipinski definition) is 3. The van der Waals surface area contributed by atoms with E-state index in [2.05, 4.69) is 11.8 Å². The molecule has 0 aliphatic carbocycles. The molecular formula is C15H24N2O. The van der Waals surface area contributed by atoms with Gasteiger partial charge in [-0.15, -0.1) is 0 Å². The molecule has 0 unspecified atom stereocenters. The van der Waals surface area contributed by atoms with E-state index in [1.54, 1.807) is 0 Å². The Hall–Kier alpha value is -1.06. The quantitative estimate of drug-likeness (QED) is 0.868. The number of ether oxygens (including phenoxy) is 1. The van der Waals surface area contributed by atoms with Crippen molar-refractivity contribution in [1.82, 2.24) is 4.90 Å². The van der Waals surface area contributed by atoms with Gasteiger partial charge in [0.1, 0.15) is 12.4 Å². The van der Waals surface area contributed by atoms with Crippen molar-refractivity contribution in [1.29, 1.82) is 0 Å². The first-order valence-electron chi connectivity index (χ1n) is 6.92. The fourth-order valence-electron chi connectivity index (χ4n) is 2.30. The van der Waals surface area contributed by atoms with E-state index in [1.807, 2.05) is 24.3 Å². The summed E-state index contributed by atoms with van der Waals surface area (Å²) in [4.78, 5) is 2.49. The molecule has 0 aromatic heterocycles. The van der Waals surface area contributed by atoms with Crippen LogP contribution >= 0.6 is 0 Å². The maximum absolute atomic E-state index is 5.75. The molecule has 0 atom stereocenters. The van der Waals surface area contributed by atoms with Crippen LogP contribution in [0.4, 0.5) is 0 Å². The Labute approximate surface area is 110 Å². The summed E-state index contributed by atoms with van der Waals surface area (Å²) in [6, 6.07) is 8.05. The van der Waals surface area contributed by atoms with Gasteiger partial charge in [0.25, 0.3) is 0 Å². The van der Waals surface area contributed by atoms with E-state index in [4.69, 9.17) is 10.5 Å². The molecule has 0 spiro atoms. The topological polar surface area (TPSA) is 38.5 Å². The van der Waals surface area contributed by atoms with Gasteiger partial charge in [-0.3, -0.25) is 4.90 Å². The zero-order chi connectivity index (χ0) is 12.8. The van der Waals surface area contributed by atoms with Gasteiger partial charge in [0.2, 0.25) is 0 Å². The van der Waals surface area contributed by atoms with Crippen LogP contribution in [0.3, 0.4) is 0 Å². The Morgan fingerprint density at radius 2 is 1.89 bits per heavy atom. The van der Waals surface area contributed by atoms with Gasteiger partial charge in [0, 0.05) is 13.1 Å². The highest BCUT2D eigenvalue weighted by atomic mass is 16.5. The van der Waals surface area contributed by atoms with Gasteiger partial charge in [0.05, 0.1) is 0 Å². The fraction of sp³-hybridized carbons (Fsp3) is 0.600. The van der Waals surface area contributed by atoms with Crippen LogP contribution in [0, 0.1) is 5.92 Å². The number of hydrogen-bond donors (Lipinski definition) is 1. The van der Waals surface area contributed by atoms with Gasteiger partial charge in [-0.1, -0.05) is 19.1 Å². The van der Waals surface area contributed by atoms with Crippen molar-refractivity contribution >= 4 is 0 Å². The van der Waals surface area contributed by atoms with Gasteiger partial charge in [-0.05, 0) is 49.5 Å². The third-order valence-corrected chi connectivity index (χ3v) is 3.71. The Morgan fingerprint density at radius 3 is 2.50 bits per heavy atom. The summed E-state index contributed by atoms with van der Waals surface area (Å²) in [5, 5.41) is 0. The molecular weight excluding hydrogens is 224 g/mol. The molecule has 1 aromatic rings. The first-order chi connectivity index (χ1) is 8.78. The molecule has 0 saturated carbocycles. The van der Waals surface area contributed by atoms with Gasteiger partial charge in [-0.2, -0.15) is 0 Å². The van der Waals surface area contributed by atoms with Crippen molar-refractivity contribution in [3.05, 3.63) is 29.8 Å². The molecule has 1 fully saturated rings. The smallest absolute Gasteiger partial charge is 0.119 e. The second-order valence-electron chi connectivity index (χ2n) is 5.22. The molecule has 1 aliphatic heterocycles. The Kier molecular flexibility index (Phi) is 5.02. The molecule has 1 aromatic carbocycles. The molecule has 3 nitrogen and oxygen atoms in total. The third kappa shape index (κ3) is 4.00. The predicted molar refractivity (Wildman–Crippen MR) is 74.7 cm³/mol. The molecule has 18 heavy (non-hydrogen) atoms. The normalized spacial score (nSPS) is 17.9. The maximum atomic E-state index is 5.75. The summed E-state index contributed by atoms with van der Waals surface area (Å²) in [5.41, 5.74) is 6.71. The van der Waals surface area contributed by atoms with E-state index in [0.717, 1.165) is 30.4 Å². The zero-order valence-corrected chi connectivity index (χ0v) is 11.3. The predicted octanol–water partition coefficient (Wildman–Crippen LogP) is 2.26. The van der Waals surface area contributed by atoms with Crippen LogP contribution in [0.2, 0.25) is 0 Å². The van der Waals surface area contributed by atoms with Crippen LogP contribution in [0.1, 0.15) is 25.3 Å². The minimum Gasteiger partial charge on any atom is -0.492 e. The SMILES string of the molecule is CC1CCN(CCOc2ccc(CN)cc2)CC1. The largest absolute Gasteiger partial charge is 0.492 e. The third-order valence-electron chi connectivity index (χ3n) is 3.71.